The first-order chi connectivity index (χ1) is 12.9. The van der Waals surface area contributed by atoms with Crippen molar-refractivity contribution < 1.29 is 42.2 Å². The molecule has 0 bridgehead atoms. The summed E-state index contributed by atoms with van der Waals surface area (Å²) in [5.41, 5.74) is 6.13. The van der Waals surface area contributed by atoms with E-state index in [9.17, 15) is 27.6 Å². The SMILES string of the molecule is CNC(=O)N(C(=O)NC)c1nc(CC(N)C(=O)OC)cs1.O=C(O)C(F)(F)F. The number of hydrogen-bond donors (Lipinski definition) is 4. The third-order valence-corrected chi connectivity index (χ3v) is 3.61. The van der Waals surface area contributed by atoms with Crippen molar-refractivity contribution in [1.82, 2.24) is 15.6 Å². The Morgan fingerprint density at radius 1 is 1.29 bits per heavy atom. The summed E-state index contributed by atoms with van der Waals surface area (Å²) in [6.45, 7) is 0. The van der Waals surface area contributed by atoms with Gasteiger partial charge >= 0.3 is 30.2 Å². The van der Waals surface area contributed by atoms with E-state index in [0.29, 0.717) is 5.69 Å². The molecule has 1 aromatic rings. The number of nitrogens with one attached hydrogen (secondary N) is 2. The molecule has 5 N–H and O–H groups in total. The number of imide groups is 1. The zero-order valence-corrected chi connectivity index (χ0v) is 15.7. The number of hydrogen-bond acceptors (Lipinski definition) is 8. The number of carbonyl (C=O) groups is 4. The molecule has 0 aliphatic carbocycles. The van der Waals surface area contributed by atoms with Crippen LogP contribution in [-0.4, -0.2) is 67.5 Å². The Morgan fingerprint density at radius 3 is 2.11 bits per heavy atom. The number of aliphatic carboxylic acids is 1. The van der Waals surface area contributed by atoms with E-state index in [-0.39, 0.29) is 11.6 Å². The van der Waals surface area contributed by atoms with Crippen LogP contribution in [0.2, 0.25) is 0 Å². The van der Waals surface area contributed by atoms with Crippen LogP contribution in [0.15, 0.2) is 5.38 Å². The lowest BCUT2D eigenvalue weighted by molar-refractivity contribution is -0.192. The normalized spacial score (nSPS) is 11.4. The summed E-state index contributed by atoms with van der Waals surface area (Å²) in [5, 5.41) is 13.6. The zero-order chi connectivity index (χ0) is 22.1. The van der Waals surface area contributed by atoms with Gasteiger partial charge in [-0.05, 0) is 0 Å². The predicted molar refractivity (Wildman–Crippen MR) is 90.9 cm³/mol. The summed E-state index contributed by atoms with van der Waals surface area (Å²) in [4.78, 5) is 48.6. The minimum Gasteiger partial charge on any atom is -0.475 e. The number of alkyl halides is 3. The van der Waals surface area contributed by atoms with Crippen molar-refractivity contribution in [2.45, 2.75) is 18.6 Å². The molecular weight excluding hydrogens is 411 g/mol. The van der Waals surface area contributed by atoms with Crippen molar-refractivity contribution >= 4 is 40.5 Å². The molecule has 158 valence electrons. The number of nitrogens with zero attached hydrogens (tertiary/aromatic N) is 2. The molecule has 1 atom stereocenters. The number of carbonyl (C=O) groups excluding carboxylic acids is 3. The Morgan fingerprint density at radius 2 is 1.75 bits per heavy atom. The minimum absolute atomic E-state index is 0.151. The van der Waals surface area contributed by atoms with Gasteiger partial charge in [0.2, 0.25) is 5.13 Å². The molecule has 1 heterocycles. The molecule has 0 aliphatic rings. The average Bonchev–Trinajstić information content (AvgIpc) is 3.08. The number of methoxy groups -OCH3 is 1. The maximum Gasteiger partial charge on any atom is 0.490 e. The lowest BCUT2D eigenvalue weighted by Gasteiger charge is -2.16. The smallest absolute Gasteiger partial charge is 0.475 e. The van der Waals surface area contributed by atoms with Crippen molar-refractivity contribution in [2.75, 3.05) is 26.1 Å². The predicted octanol–water partition coefficient (Wildman–Crippen LogP) is 0.304. The maximum absolute atomic E-state index is 11.7. The van der Waals surface area contributed by atoms with E-state index in [0.717, 1.165) is 16.2 Å². The number of anilines is 1. The molecule has 28 heavy (non-hydrogen) atoms. The van der Waals surface area contributed by atoms with E-state index >= 15 is 0 Å². The van der Waals surface area contributed by atoms with E-state index in [2.05, 4.69) is 20.4 Å². The summed E-state index contributed by atoms with van der Waals surface area (Å²) in [5.74, 6) is -3.31. The third kappa shape index (κ3) is 7.75. The fourth-order valence-electron chi connectivity index (χ4n) is 1.44. The Labute approximate surface area is 160 Å². The summed E-state index contributed by atoms with van der Waals surface area (Å²) in [6, 6.07) is -2.08. The number of rotatable bonds is 4. The van der Waals surface area contributed by atoms with Gasteiger partial charge in [0.1, 0.15) is 6.04 Å². The van der Waals surface area contributed by atoms with Crippen molar-refractivity contribution in [3.8, 4) is 0 Å². The molecule has 0 fully saturated rings. The molecule has 1 aromatic heterocycles. The summed E-state index contributed by atoms with van der Waals surface area (Å²) < 4.78 is 36.3. The van der Waals surface area contributed by atoms with Crippen LogP contribution in [0.1, 0.15) is 5.69 Å². The van der Waals surface area contributed by atoms with Crippen LogP contribution in [0, 0.1) is 0 Å². The molecule has 0 aromatic carbocycles. The molecule has 4 amide bonds. The molecule has 0 saturated carbocycles. The molecule has 0 aliphatic heterocycles. The van der Waals surface area contributed by atoms with Crippen molar-refractivity contribution in [3.05, 3.63) is 11.1 Å². The zero-order valence-electron chi connectivity index (χ0n) is 14.9. The Bertz CT molecular complexity index is 695. The number of halogens is 3. The topological polar surface area (TPSA) is 164 Å². The van der Waals surface area contributed by atoms with Gasteiger partial charge in [-0.15, -0.1) is 11.3 Å². The number of amides is 4. The van der Waals surface area contributed by atoms with E-state index in [1.165, 1.54) is 21.2 Å². The molecule has 1 unspecified atom stereocenters. The number of urea groups is 2. The van der Waals surface area contributed by atoms with Crippen LogP contribution in [-0.2, 0) is 20.7 Å². The van der Waals surface area contributed by atoms with E-state index < -0.39 is 36.2 Å². The number of nitrogens with two attached hydrogens (primary N) is 1. The Kier molecular flexibility index (Phi) is 9.87. The van der Waals surface area contributed by atoms with E-state index in [1.807, 2.05) is 0 Å². The van der Waals surface area contributed by atoms with Crippen molar-refractivity contribution in [1.29, 1.82) is 0 Å². The molecular formula is C13H18F3N5O6S. The first-order valence-electron chi connectivity index (χ1n) is 7.20. The maximum atomic E-state index is 11.7. The summed E-state index contributed by atoms with van der Waals surface area (Å²) in [6.07, 6.45) is -4.93. The number of thiazole rings is 1. The van der Waals surface area contributed by atoms with Crippen molar-refractivity contribution in [2.24, 2.45) is 5.73 Å². The van der Waals surface area contributed by atoms with Crippen LogP contribution in [0.5, 0.6) is 0 Å². The standard InChI is InChI=1S/C11H17N5O4S.C2HF3O2/c1-13-9(18)16(10(19)14-2)11-15-6(5-21-11)4-7(12)8(17)20-3;3-2(4,5)1(6)7/h5,7H,4,12H2,1-3H3,(H,13,18)(H,14,19);(H,6,7). The van der Waals surface area contributed by atoms with Crippen LogP contribution in [0.4, 0.5) is 27.9 Å². The number of esters is 1. The Hall–Kier alpha value is -2.94. The molecule has 0 radical (unpaired) electrons. The van der Waals surface area contributed by atoms with Crippen LogP contribution in [0.25, 0.3) is 0 Å². The van der Waals surface area contributed by atoms with Gasteiger partial charge < -0.3 is 26.2 Å². The highest BCUT2D eigenvalue weighted by atomic mass is 32.1. The monoisotopic (exact) mass is 429 g/mol. The van der Waals surface area contributed by atoms with Crippen LogP contribution < -0.4 is 21.3 Å². The van der Waals surface area contributed by atoms with Gasteiger partial charge in [-0.3, -0.25) is 4.79 Å². The number of carboxylic acids is 1. The van der Waals surface area contributed by atoms with Crippen LogP contribution in [0.3, 0.4) is 0 Å². The Balaban J connectivity index is 0.000000887. The van der Waals surface area contributed by atoms with Gasteiger partial charge in [0, 0.05) is 25.9 Å². The summed E-state index contributed by atoms with van der Waals surface area (Å²) in [7, 11) is 4.05. The fraction of sp³-hybridized carbons (Fsp3) is 0.462. The second-order valence-electron chi connectivity index (χ2n) is 4.70. The second-order valence-corrected chi connectivity index (χ2v) is 5.54. The van der Waals surface area contributed by atoms with Gasteiger partial charge in [0.05, 0.1) is 12.8 Å². The molecule has 1 rings (SSSR count). The van der Waals surface area contributed by atoms with E-state index in [1.54, 1.807) is 5.38 Å². The van der Waals surface area contributed by atoms with E-state index in [4.69, 9.17) is 15.6 Å². The first-order valence-corrected chi connectivity index (χ1v) is 8.08. The van der Waals surface area contributed by atoms with Gasteiger partial charge in [0.15, 0.2) is 0 Å². The molecule has 11 nitrogen and oxygen atoms in total. The second kappa shape index (κ2) is 11.0. The molecule has 0 saturated heterocycles. The summed E-state index contributed by atoms with van der Waals surface area (Å²) >= 11 is 1.09. The lowest BCUT2D eigenvalue weighted by atomic mass is 10.2. The minimum atomic E-state index is -5.08. The highest BCUT2D eigenvalue weighted by molar-refractivity contribution is 7.14. The van der Waals surface area contributed by atoms with Gasteiger partial charge in [0.25, 0.3) is 0 Å². The van der Waals surface area contributed by atoms with Gasteiger partial charge in [-0.25, -0.2) is 19.4 Å². The van der Waals surface area contributed by atoms with Crippen molar-refractivity contribution in [3.63, 3.8) is 0 Å². The molecule has 0 spiro atoms. The number of ether oxygens (including phenoxy) is 1. The number of carboxylic acid groups (broad SMARTS) is 1. The van der Waals surface area contributed by atoms with Gasteiger partial charge in [-0.1, -0.05) is 0 Å². The van der Waals surface area contributed by atoms with Gasteiger partial charge in [-0.2, -0.15) is 18.1 Å². The third-order valence-electron chi connectivity index (χ3n) is 2.74. The largest absolute Gasteiger partial charge is 0.490 e. The molecule has 15 heteroatoms. The highest BCUT2D eigenvalue weighted by Crippen LogP contribution is 2.21. The lowest BCUT2D eigenvalue weighted by Crippen LogP contribution is -2.46. The first kappa shape index (κ1) is 25.1. The fourth-order valence-corrected chi connectivity index (χ4v) is 2.27. The number of aromatic nitrogens is 1. The average molecular weight is 429 g/mol. The van der Waals surface area contributed by atoms with Crippen LogP contribution >= 0.6 is 11.3 Å². The quantitative estimate of drug-likeness (QED) is 0.497. The highest BCUT2D eigenvalue weighted by Gasteiger charge is 2.38.